The number of rotatable bonds is 7. The predicted octanol–water partition coefficient (Wildman–Crippen LogP) is 8.51. The standard InChI is InChI=1S/C42H42F4N8O/c43-27-20-35-33(49-41(51-35)31-8-4-12-47-31)18-25(27)37-10-11-38(26-19-34-36(21-28(26)44)52-42(50-34)32-9-5-13-48-32)54(37)24-16-29(45)40(30(46)17-24)53-14-15-55-39(22-53)23-6-2-1-3-7-23/h1-3,6-7,16-21,31-32,37-39,47-48H,4-5,8-15,22H2,(H,49,51)(H,50,52)/t31?,32?,37-,38-,39?/m1/s1. The third-order valence-electron chi connectivity index (χ3n) is 12.0. The Balaban J connectivity index is 1.05. The summed E-state index contributed by atoms with van der Waals surface area (Å²) in [7, 11) is 0. The molecule has 4 aliphatic rings. The lowest BCUT2D eigenvalue weighted by molar-refractivity contribution is 0.0393. The fraction of sp³-hybridized carbons (Fsp3) is 0.381. The highest BCUT2D eigenvalue weighted by Gasteiger charge is 2.40. The van der Waals surface area contributed by atoms with Crippen molar-refractivity contribution >= 4 is 33.4 Å². The molecular weight excluding hydrogens is 709 g/mol. The summed E-state index contributed by atoms with van der Waals surface area (Å²) in [5, 5.41) is 6.86. The molecule has 2 aromatic heterocycles. The normalized spacial score (nSPS) is 24.5. The fourth-order valence-corrected chi connectivity index (χ4v) is 9.32. The van der Waals surface area contributed by atoms with Crippen molar-refractivity contribution in [3.63, 3.8) is 0 Å². The number of nitrogens with zero attached hydrogens (tertiary/aromatic N) is 4. The topological polar surface area (TPSA) is 97.1 Å². The molecule has 0 amide bonds. The van der Waals surface area contributed by atoms with E-state index in [1.807, 2.05) is 30.3 Å². The number of imidazole rings is 2. The highest BCUT2D eigenvalue weighted by molar-refractivity contribution is 5.78. The summed E-state index contributed by atoms with van der Waals surface area (Å²) in [6.07, 6.45) is 4.42. The van der Waals surface area contributed by atoms with Gasteiger partial charge in [0.15, 0.2) is 11.6 Å². The van der Waals surface area contributed by atoms with Crippen LogP contribution in [0.4, 0.5) is 28.9 Å². The van der Waals surface area contributed by atoms with Crippen LogP contribution in [0.3, 0.4) is 0 Å². The number of benzene rings is 4. The monoisotopic (exact) mass is 750 g/mol. The SMILES string of the molecule is Fc1cc2nc(C3CCCN3)[nH]c2cc1[C@H]1CC[C@H](c2cc3[nH]c(C4CCCN4)nc3cc2F)N1c1cc(F)c(N2CCOC(c3ccccc3)C2)c(F)c1. The number of anilines is 2. The van der Waals surface area contributed by atoms with Crippen LogP contribution in [0.2, 0.25) is 0 Å². The van der Waals surface area contributed by atoms with Crippen LogP contribution in [0.15, 0.2) is 66.7 Å². The van der Waals surface area contributed by atoms with Gasteiger partial charge in [0.05, 0.1) is 52.8 Å². The van der Waals surface area contributed by atoms with Gasteiger partial charge in [-0.15, -0.1) is 0 Å². The molecule has 9 nitrogen and oxygen atoms in total. The largest absolute Gasteiger partial charge is 0.370 e. The second-order valence-corrected chi connectivity index (χ2v) is 15.3. The molecule has 3 unspecified atom stereocenters. The van der Waals surface area contributed by atoms with E-state index in [9.17, 15) is 0 Å². The minimum atomic E-state index is -0.746. The number of hydrogen-bond acceptors (Lipinski definition) is 7. The molecule has 4 aromatic carbocycles. The van der Waals surface area contributed by atoms with Gasteiger partial charge >= 0.3 is 0 Å². The van der Waals surface area contributed by atoms with E-state index in [1.165, 1.54) is 24.3 Å². The summed E-state index contributed by atoms with van der Waals surface area (Å²) in [6, 6.07) is 17.4. The Morgan fingerprint density at radius 1 is 0.655 bits per heavy atom. The first-order valence-corrected chi connectivity index (χ1v) is 19.4. The van der Waals surface area contributed by atoms with Crippen LogP contribution in [-0.4, -0.2) is 52.7 Å². The lowest BCUT2D eigenvalue weighted by Crippen LogP contribution is -2.39. The Morgan fingerprint density at radius 3 is 1.75 bits per heavy atom. The summed E-state index contributed by atoms with van der Waals surface area (Å²) in [5.41, 5.74) is 4.07. The maximum atomic E-state index is 16.5. The molecule has 284 valence electrons. The van der Waals surface area contributed by atoms with Crippen LogP contribution in [0.5, 0.6) is 0 Å². The summed E-state index contributed by atoms with van der Waals surface area (Å²) < 4.78 is 71.5. The number of hydrogen-bond donors (Lipinski definition) is 4. The van der Waals surface area contributed by atoms with Gasteiger partial charge < -0.3 is 35.1 Å². The molecule has 0 radical (unpaired) electrons. The third kappa shape index (κ3) is 6.22. The molecule has 4 fully saturated rings. The molecule has 0 bridgehead atoms. The number of aromatic nitrogens is 4. The summed E-state index contributed by atoms with van der Waals surface area (Å²) in [5.74, 6) is -0.934. The number of morpholine rings is 1. The number of ether oxygens (including phenoxy) is 1. The van der Waals surface area contributed by atoms with Crippen molar-refractivity contribution in [1.82, 2.24) is 30.6 Å². The second kappa shape index (κ2) is 13.9. The second-order valence-electron chi connectivity index (χ2n) is 15.3. The van der Waals surface area contributed by atoms with Gasteiger partial charge in [-0.25, -0.2) is 27.5 Å². The first-order valence-electron chi connectivity index (χ1n) is 19.4. The Morgan fingerprint density at radius 2 is 1.22 bits per heavy atom. The van der Waals surface area contributed by atoms with Gasteiger partial charge in [0.25, 0.3) is 0 Å². The lowest BCUT2D eigenvalue weighted by atomic mass is 10.0. The van der Waals surface area contributed by atoms with E-state index in [4.69, 9.17) is 4.74 Å². The molecular formula is C42H42F4N8O. The number of H-pyrrole nitrogens is 2. The average Bonchev–Trinajstić information content (AvgIpc) is 4.04. The zero-order valence-corrected chi connectivity index (χ0v) is 30.2. The summed E-state index contributed by atoms with van der Waals surface area (Å²) in [4.78, 5) is 19.6. The molecule has 55 heavy (non-hydrogen) atoms. The first kappa shape index (κ1) is 34.5. The molecule has 4 N–H and O–H groups in total. The smallest absolute Gasteiger partial charge is 0.151 e. The zero-order valence-electron chi connectivity index (χ0n) is 30.2. The molecule has 4 saturated heterocycles. The van der Waals surface area contributed by atoms with E-state index in [1.54, 1.807) is 21.9 Å². The predicted molar refractivity (Wildman–Crippen MR) is 203 cm³/mol. The quantitative estimate of drug-likeness (QED) is 0.122. The van der Waals surface area contributed by atoms with Gasteiger partial charge in [-0.2, -0.15) is 0 Å². The van der Waals surface area contributed by atoms with Crippen molar-refractivity contribution in [3.8, 4) is 0 Å². The van der Waals surface area contributed by atoms with Crippen LogP contribution < -0.4 is 20.4 Å². The van der Waals surface area contributed by atoms with Gasteiger partial charge in [0.2, 0.25) is 0 Å². The Kier molecular flexibility index (Phi) is 8.75. The van der Waals surface area contributed by atoms with Gasteiger partial charge in [0.1, 0.15) is 35.1 Å². The van der Waals surface area contributed by atoms with Gasteiger partial charge in [-0.1, -0.05) is 30.3 Å². The van der Waals surface area contributed by atoms with Gasteiger partial charge in [-0.3, -0.25) is 0 Å². The third-order valence-corrected chi connectivity index (χ3v) is 12.0. The number of fused-ring (bicyclic) bond motifs is 2. The van der Waals surface area contributed by atoms with Crippen molar-refractivity contribution in [2.24, 2.45) is 0 Å². The van der Waals surface area contributed by atoms with E-state index in [0.29, 0.717) is 59.2 Å². The minimum Gasteiger partial charge on any atom is -0.370 e. The van der Waals surface area contributed by atoms with Crippen molar-refractivity contribution < 1.29 is 22.3 Å². The molecule has 0 spiro atoms. The fourth-order valence-electron chi connectivity index (χ4n) is 9.32. The maximum Gasteiger partial charge on any atom is 0.151 e. The molecule has 10 rings (SSSR count). The Labute approximate surface area is 315 Å². The van der Waals surface area contributed by atoms with Crippen molar-refractivity contribution in [2.75, 3.05) is 42.6 Å². The molecule has 13 heteroatoms. The van der Waals surface area contributed by atoms with Crippen LogP contribution in [-0.2, 0) is 4.74 Å². The highest BCUT2D eigenvalue weighted by Crippen LogP contribution is 2.50. The molecule has 5 atom stereocenters. The van der Waals surface area contributed by atoms with Crippen LogP contribution in [0.1, 0.15) is 97.1 Å². The Bertz CT molecular complexity index is 2240. The first-order chi connectivity index (χ1) is 26.9. The lowest BCUT2D eigenvalue weighted by Gasteiger charge is -2.36. The van der Waals surface area contributed by atoms with Crippen molar-refractivity contribution in [2.45, 2.75) is 68.8 Å². The van der Waals surface area contributed by atoms with Gasteiger partial charge in [-0.05, 0) is 81.4 Å². The van der Waals surface area contributed by atoms with Crippen molar-refractivity contribution in [1.29, 1.82) is 0 Å². The number of aromatic amines is 2. The van der Waals surface area contributed by atoms with E-state index in [2.05, 4.69) is 30.6 Å². The maximum absolute atomic E-state index is 16.5. The van der Waals surface area contributed by atoms with Crippen LogP contribution >= 0.6 is 0 Å². The van der Waals surface area contributed by atoms with E-state index in [-0.39, 0.29) is 36.1 Å². The van der Waals surface area contributed by atoms with Crippen LogP contribution in [0, 0.1) is 23.3 Å². The van der Waals surface area contributed by atoms with Crippen molar-refractivity contribution in [3.05, 3.63) is 118 Å². The average molecular weight is 751 g/mol. The van der Waals surface area contributed by atoms with E-state index >= 15 is 17.6 Å². The minimum absolute atomic E-state index is 0.0653. The highest BCUT2D eigenvalue weighted by atomic mass is 19.1. The van der Waals surface area contributed by atoms with Gasteiger partial charge in [0, 0.05) is 42.0 Å². The van der Waals surface area contributed by atoms with E-state index in [0.717, 1.165) is 56.0 Å². The molecule has 6 heterocycles. The summed E-state index contributed by atoms with van der Waals surface area (Å²) in [6.45, 7) is 2.67. The molecule has 0 aliphatic carbocycles. The number of nitrogens with one attached hydrogen (secondary N) is 4. The number of halogens is 4. The van der Waals surface area contributed by atoms with E-state index < -0.39 is 35.4 Å². The zero-order chi connectivity index (χ0) is 37.2. The molecule has 6 aromatic rings. The summed E-state index contributed by atoms with van der Waals surface area (Å²) >= 11 is 0. The van der Waals surface area contributed by atoms with Crippen LogP contribution in [0.25, 0.3) is 22.1 Å². The molecule has 0 saturated carbocycles. The Hall–Kier alpha value is -4.98. The molecule has 4 aliphatic heterocycles.